The normalized spacial score (nSPS) is 10.6. The van der Waals surface area contributed by atoms with E-state index in [1.807, 2.05) is 0 Å². The molecule has 0 saturated carbocycles. The molecule has 4 aromatic carbocycles. The Bertz CT molecular complexity index is 886. The standard InChI is InChI=1S/C26H22/c1-3-9-21(10-4-1)17-23-13-7-15-25(19-23)26-16-8-14-24(20-26)18-22-11-5-2-6-12-22/h1-16,19-20H,17-18H2. The molecular formula is C26H22. The second kappa shape index (κ2) is 7.84. The number of rotatable bonds is 5. The second-order valence-electron chi connectivity index (χ2n) is 6.73. The van der Waals surface area contributed by atoms with E-state index in [0.717, 1.165) is 12.8 Å². The van der Waals surface area contributed by atoms with Crippen molar-refractivity contribution in [1.29, 1.82) is 0 Å². The molecule has 0 radical (unpaired) electrons. The van der Waals surface area contributed by atoms with E-state index < -0.39 is 0 Å². The first-order valence-corrected chi connectivity index (χ1v) is 9.13. The van der Waals surface area contributed by atoms with Gasteiger partial charge in [0, 0.05) is 0 Å². The van der Waals surface area contributed by atoms with Crippen LogP contribution in [0.5, 0.6) is 0 Å². The summed E-state index contributed by atoms with van der Waals surface area (Å²) < 4.78 is 0. The lowest BCUT2D eigenvalue weighted by molar-refractivity contribution is 1.19. The summed E-state index contributed by atoms with van der Waals surface area (Å²) in [5.41, 5.74) is 7.97. The summed E-state index contributed by atoms with van der Waals surface area (Å²) in [6.07, 6.45) is 1.94. The molecule has 0 spiro atoms. The number of hydrogen-bond acceptors (Lipinski definition) is 0. The summed E-state index contributed by atoms with van der Waals surface area (Å²) in [4.78, 5) is 0. The predicted molar refractivity (Wildman–Crippen MR) is 110 cm³/mol. The van der Waals surface area contributed by atoms with Crippen LogP contribution >= 0.6 is 0 Å². The third kappa shape index (κ3) is 4.10. The average molecular weight is 334 g/mol. The van der Waals surface area contributed by atoms with Crippen LogP contribution in [0.25, 0.3) is 11.1 Å². The third-order valence-corrected chi connectivity index (χ3v) is 4.69. The predicted octanol–water partition coefficient (Wildman–Crippen LogP) is 6.54. The van der Waals surface area contributed by atoms with Crippen molar-refractivity contribution < 1.29 is 0 Å². The fraction of sp³-hybridized carbons (Fsp3) is 0.0769. The summed E-state index contributed by atoms with van der Waals surface area (Å²) in [7, 11) is 0. The van der Waals surface area contributed by atoms with Gasteiger partial charge in [0.15, 0.2) is 0 Å². The van der Waals surface area contributed by atoms with Gasteiger partial charge in [0.2, 0.25) is 0 Å². The summed E-state index contributed by atoms with van der Waals surface area (Å²) in [5, 5.41) is 0. The second-order valence-corrected chi connectivity index (χ2v) is 6.73. The van der Waals surface area contributed by atoms with E-state index >= 15 is 0 Å². The largest absolute Gasteiger partial charge is 0.0622 e. The zero-order valence-corrected chi connectivity index (χ0v) is 14.8. The van der Waals surface area contributed by atoms with E-state index in [1.165, 1.54) is 33.4 Å². The first kappa shape index (κ1) is 16.4. The van der Waals surface area contributed by atoms with Crippen LogP contribution < -0.4 is 0 Å². The van der Waals surface area contributed by atoms with Crippen LogP contribution in [0, 0.1) is 0 Å². The van der Waals surface area contributed by atoms with Gasteiger partial charge in [-0.05, 0) is 46.2 Å². The minimum atomic E-state index is 0.971. The van der Waals surface area contributed by atoms with Crippen LogP contribution in [-0.2, 0) is 12.8 Å². The Hall–Kier alpha value is -3.12. The Morgan fingerprint density at radius 1 is 0.346 bits per heavy atom. The molecule has 126 valence electrons. The molecule has 0 aliphatic heterocycles. The van der Waals surface area contributed by atoms with E-state index in [1.54, 1.807) is 0 Å². The Balaban J connectivity index is 1.57. The van der Waals surface area contributed by atoms with Gasteiger partial charge in [0.05, 0.1) is 0 Å². The lowest BCUT2D eigenvalue weighted by Gasteiger charge is -2.08. The van der Waals surface area contributed by atoms with Crippen LogP contribution in [0.15, 0.2) is 109 Å². The van der Waals surface area contributed by atoms with Gasteiger partial charge in [-0.15, -0.1) is 0 Å². The zero-order chi connectivity index (χ0) is 17.6. The Morgan fingerprint density at radius 3 is 1.15 bits per heavy atom. The number of hydrogen-bond donors (Lipinski definition) is 0. The SMILES string of the molecule is c1ccc(Cc2cccc(-c3cccc(Cc4ccccc4)c3)c2)cc1. The molecule has 0 bridgehead atoms. The molecule has 0 aromatic heterocycles. The maximum atomic E-state index is 2.31. The summed E-state index contributed by atoms with van der Waals surface area (Å²) >= 11 is 0. The third-order valence-electron chi connectivity index (χ3n) is 4.69. The van der Waals surface area contributed by atoms with Gasteiger partial charge in [-0.2, -0.15) is 0 Å². The first-order valence-electron chi connectivity index (χ1n) is 9.13. The molecule has 26 heavy (non-hydrogen) atoms. The molecule has 0 N–H and O–H groups in total. The van der Waals surface area contributed by atoms with Crippen molar-refractivity contribution in [2.24, 2.45) is 0 Å². The van der Waals surface area contributed by atoms with Gasteiger partial charge >= 0.3 is 0 Å². The van der Waals surface area contributed by atoms with Crippen molar-refractivity contribution in [2.45, 2.75) is 12.8 Å². The Morgan fingerprint density at radius 2 is 0.731 bits per heavy atom. The van der Waals surface area contributed by atoms with Gasteiger partial charge in [0.25, 0.3) is 0 Å². The van der Waals surface area contributed by atoms with Crippen molar-refractivity contribution in [3.8, 4) is 11.1 Å². The van der Waals surface area contributed by atoms with E-state index in [4.69, 9.17) is 0 Å². The monoisotopic (exact) mass is 334 g/mol. The van der Waals surface area contributed by atoms with Crippen molar-refractivity contribution in [3.63, 3.8) is 0 Å². The lowest BCUT2D eigenvalue weighted by Crippen LogP contribution is -1.90. The van der Waals surface area contributed by atoms with Gasteiger partial charge in [-0.1, -0.05) is 109 Å². The first-order chi connectivity index (χ1) is 12.9. The summed E-state index contributed by atoms with van der Waals surface area (Å²) in [6.45, 7) is 0. The van der Waals surface area contributed by atoms with Crippen LogP contribution in [0.4, 0.5) is 0 Å². The molecule has 0 aliphatic carbocycles. The van der Waals surface area contributed by atoms with Crippen LogP contribution in [0.2, 0.25) is 0 Å². The quantitative estimate of drug-likeness (QED) is 0.389. The molecule has 0 atom stereocenters. The molecule has 0 heteroatoms. The molecule has 4 rings (SSSR count). The molecular weight excluding hydrogens is 312 g/mol. The fourth-order valence-electron chi connectivity index (χ4n) is 3.38. The molecule has 0 nitrogen and oxygen atoms in total. The molecule has 0 unspecified atom stereocenters. The van der Waals surface area contributed by atoms with Gasteiger partial charge < -0.3 is 0 Å². The van der Waals surface area contributed by atoms with Crippen molar-refractivity contribution in [2.75, 3.05) is 0 Å². The average Bonchev–Trinajstić information content (AvgIpc) is 2.70. The highest BCUT2D eigenvalue weighted by molar-refractivity contribution is 5.65. The number of benzene rings is 4. The van der Waals surface area contributed by atoms with E-state index in [0.29, 0.717) is 0 Å². The van der Waals surface area contributed by atoms with E-state index in [9.17, 15) is 0 Å². The van der Waals surface area contributed by atoms with Gasteiger partial charge in [-0.25, -0.2) is 0 Å². The molecule has 4 aromatic rings. The molecule has 0 fully saturated rings. The highest BCUT2D eigenvalue weighted by Crippen LogP contribution is 2.24. The van der Waals surface area contributed by atoms with Crippen molar-refractivity contribution >= 4 is 0 Å². The van der Waals surface area contributed by atoms with Crippen LogP contribution in [-0.4, -0.2) is 0 Å². The van der Waals surface area contributed by atoms with Crippen LogP contribution in [0.1, 0.15) is 22.3 Å². The Labute approximate surface area is 155 Å². The minimum Gasteiger partial charge on any atom is -0.0622 e. The van der Waals surface area contributed by atoms with Crippen molar-refractivity contribution in [3.05, 3.63) is 131 Å². The minimum absolute atomic E-state index is 0.971. The maximum Gasteiger partial charge on any atom is -0.00256 e. The molecule has 0 heterocycles. The zero-order valence-electron chi connectivity index (χ0n) is 14.8. The van der Waals surface area contributed by atoms with E-state index in [-0.39, 0.29) is 0 Å². The van der Waals surface area contributed by atoms with Crippen LogP contribution in [0.3, 0.4) is 0 Å². The Kier molecular flexibility index (Phi) is 4.93. The summed E-state index contributed by atoms with van der Waals surface area (Å²) in [5.74, 6) is 0. The molecule has 0 saturated heterocycles. The lowest BCUT2D eigenvalue weighted by atomic mass is 9.96. The van der Waals surface area contributed by atoms with E-state index in [2.05, 4.69) is 109 Å². The van der Waals surface area contributed by atoms with Gasteiger partial charge in [-0.3, -0.25) is 0 Å². The highest BCUT2D eigenvalue weighted by atomic mass is 14.1. The smallest absolute Gasteiger partial charge is 0.00256 e. The maximum absolute atomic E-state index is 2.31. The highest BCUT2D eigenvalue weighted by Gasteiger charge is 2.03. The topological polar surface area (TPSA) is 0 Å². The fourth-order valence-corrected chi connectivity index (χ4v) is 3.38. The van der Waals surface area contributed by atoms with Gasteiger partial charge in [0.1, 0.15) is 0 Å². The summed E-state index contributed by atoms with van der Waals surface area (Å²) in [6, 6.07) is 39.1. The molecule has 0 aliphatic rings. The van der Waals surface area contributed by atoms with Crippen molar-refractivity contribution in [1.82, 2.24) is 0 Å². The molecule has 0 amide bonds.